The predicted octanol–water partition coefficient (Wildman–Crippen LogP) is 4.48. The maximum absolute atomic E-state index is 12.4. The van der Waals surface area contributed by atoms with Crippen LogP contribution in [-0.4, -0.2) is 12.4 Å². The molecular formula is C16H24O2. The molecule has 0 unspecified atom stereocenters. The van der Waals surface area contributed by atoms with Crippen LogP contribution in [0.5, 0.6) is 5.75 Å². The number of Topliss-reactive ketones (excluding diaryl/α,β-unsaturated/α-hetero) is 1. The molecule has 0 fully saturated rings. The largest absolute Gasteiger partial charge is 0.494 e. The first kappa shape index (κ1) is 14.7. The third-order valence-electron chi connectivity index (χ3n) is 3.09. The lowest BCUT2D eigenvalue weighted by Gasteiger charge is -2.14. The van der Waals surface area contributed by atoms with E-state index in [2.05, 4.69) is 13.8 Å². The first-order valence-corrected chi connectivity index (χ1v) is 6.99. The molecule has 0 aliphatic heterocycles. The van der Waals surface area contributed by atoms with Crippen LogP contribution >= 0.6 is 0 Å². The molecular weight excluding hydrogens is 224 g/mol. The highest BCUT2D eigenvalue weighted by Crippen LogP contribution is 2.21. The zero-order chi connectivity index (χ0) is 13.4. The minimum atomic E-state index is 0.179. The SMILES string of the molecule is CCCC(CCC)C(=O)c1ccc(OCC)cc1. The minimum Gasteiger partial charge on any atom is -0.494 e. The van der Waals surface area contributed by atoms with Gasteiger partial charge in [0.15, 0.2) is 5.78 Å². The zero-order valence-corrected chi connectivity index (χ0v) is 11.7. The first-order chi connectivity index (χ1) is 8.72. The van der Waals surface area contributed by atoms with Crippen LogP contribution in [0.4, 0.5) is 0 Å². The summed E-state index contributed by atoms with van der Waals surface area (Å²) >= 11 is 0. The number of carbonyl (C=O) groups excluding carboxylic acids is 1. The third kappa shape index (κ3) is 4.17. The molecule has 0 aromatic heterocycles. The van der Waals surface area contributed by atoms with Gasteiger partial charge >= 0.3 is 0 Å². The Morgan fingerprint density at radius 2 is 1.61 bits per heavy atom. The molecule has 0 heterocycles. The van der Waals surface area contributed by atoms with E-state index >= 15 is 0 Å². The Balaban J connectivity index is 2.74. The molecule has 18 heavy (non-hydrogen) atoms. The molecule has 1 rings (SSSR count). The van der Waals surface area contributed by atoms with Crippen LogP contribution < -0.4 is 4.74 Å². The number of ketones is 1. The Kier molecular flexibility index (Phi) is 6.48. The summed E-state index contributed by atoms with van der Waals surface area (Å²) in [4.78, 5) is 12.4. The van der Waals surface area contributed by atoms with Crippen LogP contribution in [0, 0.1) is 5.92 Å². The summed E-state index contributed by atoms with van der Waals surface area (Å²) in [5.41, 5.74) is 0.811. The maximum atomic E-state index is 12.4. The highest BCUT2D eigenvalue weighted by Gasteiger charge is 2.18. The quantitative estimate of drug-likeness (QED) is 0.634. The molecule has 0 spiro atoms. The molecule has 0 radical (unpaired) electrons. The molecule has 0 saturated heterocycles. The second kappa shape index (κ2) is 7.91. The van der Waals surface area contributed by atoms with E-state index in [-0.39, 0.29) is 11.7 Å². The van der Waals surface area contributed by atoms with E-state index in [0.29, 0.717) is 6.61 Å². The van der Waals surface area contributed by atoms with E-state index in [1.54, 1.807) is 0 Å². The molecule has 1 aromatic carbocycles. The van der Waals surface area contributed by atoms with Gasteiger partial charge in [-0.05, 0) is 44.0 Å². The summed E-state index contributed by atoms with van der Waals surface area (Å²) in [5, 5.41) is 0. The van der Waals surface area contributed by atoms with Gasteiger partial charge in [-0.25, -0.2) is 0 Å². The Labute approximate surface area is 110 Å². The number of benzene rings is 1. The van der Waals surface area contributed by atoms with Crippen LogP contribution in [0.3, 0.4) is 0 Å². The van der Waals surface area contributed by atoms with Crippen LogP contribution in [-0.2, 0) is 0 Å². The van der Waals surface area contributed by atoms with Gasteiger partial charge in [-0.2, -0.15) is 0 Å². The van der Waals surface area contributed by atoms with Crippen molar-refractivity contribution >= 4 is 5.78 Å². The number of carbonyl (C=O) groups is 1. The lowest BCUT2D eigenvalue weighted by molar-refractivity contribution is 0.0905. The lowest BCUT2D eigenvalue weighted by Crippen LogP contribution is -2.14. The van der Waals surface area contributed by atoms with Gasteiger partial charge in [-0.15, -0.1) is 0 Å². The van der Waals surface area contributed by atoms with Gasteiger partial charge in [0, 0.05) is 11.5 Å². The summed E-state index contributed by atoms with van der Waals surface area (Å²) in [6.45, 7) is 6.88. The molecule has 0 bridgehead atoms. The van der Waals surface area contributed by atoms with Crippen molar-refractivity contribution in [3.63, 3.8) is 0 Å². The smallest absolute Gasteiger partial charge is 0.165 e. The normalized spacial score (nSPS) is 10.7. The highest BCUT2D eigenvalue weighted by molar-refractivity contribution is 5.97. The molecule has 2 heteroatoms. The van der Waals surface area contributed by atoms with Crippen molar-refractivity contribution in [2.45, 2.75) is 46.5 Å². The second-order valence-corrected chi connectivity index (χ2v) is 4.60. The van der Waals surface area contributed by atoms with E-state index in [0.717, 1.165) is 37.0 Å². The van der Waals surface area contributed by atoms with Gasteiger partial charge in [-0.1, -0.05) is 26.7 Å². The Morgan fingerprint density at radius 3 is 2.06 bits per heavy atom. The fourth-order valence-corrected chi connectivity index (χ4v) is 2.22. The van der Waals surface area contributed by atoms with E-state index in [1.165, 1.54) is 0 Å². The van der Waals surface area contributed by atoms with Crippen LogP contribution in [0.1, 0.15) is 56.8 Å². The molecule has 0 amide bonds. The number of rotatable bonds is 8. The third-order valence-corrected chi connectivity index (χ3v) is 3.09. The lowest BCUT2D eigenvalue weighted by atomic mass is 9.90. The molecule has 0 saturated carbocycles. The summed E-state index contributed by atoms with van der Waals surface area (Å²) in [7, 11) is 0. The Hall–Kier alpha value is -1.31. The van der Waals surface area contributed by atoms with Gasteiger partial charge in [0.25, 0.3) is 0 Å². The highest BCUT2D eigenvalue weighted by atomic mass is 16.5. The topological polar surface area (TPSA) is 26.3 Å². The second-order valence-electron chi connectivity index (χ2n) is 4.60. The average molecular weight is 248 g/mol. The average Bonchev–Trinajstić information content (AvgIpc) is 2.39. The molecule has 100 valence electrons. The Bertz CT molecular complexity index is 348. The van der Waals surface area contributed by atoms with Gasteiger partial charge in [0.05, 0.1) is 6.61 Å². The van der Waals surface area contributed by atoms with E-state index in [9.17, 15) is 4.79 Å². The molecule has 2 nitrogen and oxygen atoms in total. The fourth-order valence-electron chi connectivity index (χ4n) is 2.22. The first-order valence-electron chi connectivity index (χ1n) is 6.99. The maximum Gasteiger partial charge on any atom is 0.165 e. The van der Waals surface area contributed by atoms with Crippen LogP contribution in [0.2, 0.25) is 0 Å². The van der Waals surface area contributed by atoms with Gasteiger partial charge in [0.2, 0.25) is 0 Å². The van der Waals surface area contributed by atoms with Gasteiger partial charge < -0.3 is 4.74 Å². The Morgan fingerprint density at radius 1 is 1.06 bits per heavy atom. The molecule has 0 aliphatic carbocycles. The van der Waals surface area contributed by atoms with Crippen molar-refractivity contribution in [3.8, 4) is 5.75 Å². The van der Waals surface area contributed by atoms with Crippen molar-refractivity contribution in [1.82, 2.24) is 0 Å². The van der Waals surface area contributed by atoms with Crippen molar-refractivity contribution in [3.05, 3.63) is 29.8 Å². The molecule has 0 N–H and O–H groups in total. The summed E-state index contributed by atoms with van der Waals surface area (Å²) in [6.07, 6.45) is 4.10. The number of hydrogen-bond donors (Lipinski definition) is 0. The van der Waals surface area contributed by atoms with Crippen molar-refractivity contribution in [2.75, 3.05) is 6.61 Å². The van der Waals surface area contributed by atoms with E-state index in [4.69, 9.17) is 4.74 Å². The monoisotopic (exact) mass is 248 g/mol. The summed E-state index contributed by atoms with van der Waals surface area (Å²) in [5.74, 6) is 1.29. The van der Waals surface area contributed by atoms with E-state index in [1.807, 2.05) is 31.2 Å². The van der Waals surface area contributed by atoms with Crippen LogP contribution in [0.15, 0.2) is 24.3 Å². The van der Waals surface area contributed by atoms with E-state index < -0.39 is 0 Å². The van der Waals surface area contributed by atoms with Gasteiger partial charge in [0.1, 0.15) is 5.75 Å². The number of ether oxygens (including phenoxy) is 1. The van der Waals surface area contributed by atoms with Crippen molar-refractivity contribution in [2.24, 2.45) is 5.92 Å². The van der Waals surface area contributed by atoms with Crippen molar-refractivity contribution in [1.29, 1.82) is 0 Å². The van der Waals surface area contributed by atoms with Gasteiger partial charge in [-0.3, -0.25) is 4.79 Å². The molecule has 0 aliphatic rings. The number of hydrogen-bond acceptors (Lipinski definition) is 2. The van der Waals surface area contributed by atoms with Crippen LogP contribution in [0.25, 0.3) is 0 Å². The molecule has 1 aromatic rings. The standard InChI is InChI=1S/C16H24O2/c1-4-7-13(8-5-2)16(17)14-9-11-15(12-10-14)18-6-3/h9-13H,4-8H2,1-3H3. The minimum absolute atomic E-state index is 0.179. The zero-order valence-electron chi connectivity index (χ0n) is 11.7. The summed E-state index contributed by atoms with van der Waals surface area (Å²) < 4.78 is 5.38. The predicted molar refractivity (Wildman–Crippen MR) is 75.2 cm³/mol. The summed E-state index contributed by atoms with van der Waals surface area (Å²) in [6, 6.07) is 7.52. The fraction of sp³-hybridized carbons (Fsp3) is 0.562. The molecule has 0 atom stereocenters. The van der Waals surface area contributed by atoms with Crippen molar-refractivity contribution < 1.29 is 9.53 Å².